The molecule has 0 N–H and O–H groups in total. The van der Waals surface area contributed by atoms with Gasteiger partial charge in [0.05, 0.1) is 40.9 Å². The molecule has 0 radical (unpaired) electrons. The molecule has 2 aromatic rings. The molecule has 2 aromatic carbocycles. The maximum Gasteiger partial charge on any atom is 0.340 e. The zero-order valence-electron chi connectivity index (χ0n) is 17.7. The summed E-state index contributed by atoms with van der Waals surface area (Å²) in [5.74, 6) is -1.79. The summed E-state index contributed by atoms with van der Waals surface area (Å²) in [6.45, 7) is 3.50. The molecule has 1 amide bonds. The fraction of sp³-hybridized carbons (Fsp3) is 0.174. The van der Waals surface area contributed by atoms with E-state index in [-0.39, 0.29) is 29.0 Å². The molecule has 0 bridgehead atoms. The molecule has 0 atom stereocenters. The number of hydrogen-bond donors (Lipinski definition) is 0. The molecule has 0 fully saturated rings. The van der Waals surface area contributed by atoms with Crippen LogP contribution in [0.25, 0.3) is 6.08 Å². The Bertz CT molecular complexity index is 1160. The summed E-state index contributed by atoms with van der Waals surface area (Å²) < 4.78 is 9.81. The van der Waals surface area contributed by atoms with Crippen LogP contribution >= 0.6 is 0 Å². The van der Waals surface area contributed by atoms with E-state index in [1.54, 1.807) is 32.0 Å². The molecule has 1 aliphatic rings. The lowest BCUT2D eigenvalue weighted by Gasteiger charge is -2.18. The van der Waals surface area contributed by atoms with Crippen LogP contribution in [0.1, 0.15) is 29.8 Å². The van der Waals surface area contributed by atoms with E-state index in [0.29, 0.717) is 16.9 Å². The first-order chi connectivity index (χ1) is 15.3. The number of carbonyl (C=O) groups excluding carboxylic acids is 3. The average Bonchev–Trinajstić information content (AvgIpc) is 3.03. The number of amides is 1. The Hall–Kier alpha value is -4.27. The smallest absolute Gasteiger partial charge is 0.340 e. The second-order valence-electron chi connectivity index (χ2n) is 6.73. The maximum atomic E-state index is 13.3. The van der Waals surface area contributed by atoms with Crippen molar-refractivity contribution in [1.29, 1.82) is 0 Å². The van der Waals surface area contributed by atoms with Gasteiger partial charge in [0.2, 0.25) is 0 Å². The highest BCUT2D eigenvalue weighted by molar-refractivity contribution is 6.24. The normalized spacial score (nSPS) is 14.7. The van der Waals surface area contributed by atoms with Gasteiger partial charge in [-0.15, -0.1) is 0 Å². The maximum absolute atomic E-state index is 13.3. The quantitative estimate of drug-likeness (QED) is 0.294. The van der Waals surface area contributed by atoms with E-state index in [4.69, 9.17) is 9.47 Å². The Morgan fingerprint density at radius 2 is 1.75 bits per heavy atom. The highest BCUT2D eigenvalue weighted by Crippen LogP contribution is 2.36. The molecule has 9 nitrogen and oxygen atoms in total. The molecule has 0 spiro atoms. The van der Waals surface area contributed by atoms with Gasteiger partial charge in [0.1, 0.15) is 0 Å². The number of esters is 2. The van der Waals surface area contributed by atoms with Crippen LogP contribution in [0.4, 0.5) is 11.4 Å². The Kier molecular flexibility index (Phi) is 6.48. The van der Waals surface area contributed by atoms with Crippen molar-refractivity contribution in [3.8, 4) is 0 Å². The van der Waals surface area contributed by atoms with Crippen LogP contribution in [0, 0.1) is 10.1 Å². The second-order valence-corrected chi connectivity index (χ2v) is 6.73. The number of methoxy groups -OCH3 is 1. The van der Waals surface area contributed by atoms with Crippen molar-refractivity contribution in [3.05, 3.63) is 86.6 Å². The van der Waals surface area contributed by atoms with Gasteiger partial charge in [-0.2, -0.15) is 0 Å². The zero-order valence-corrected chi connectivity index (χ0v) is 17.7. The highest BCUT2D eigenvalue weighted by atomic mass is 16.6. The SMILES string of the molecule is CCOC(=O)c1ccc(N2C(=O)/C(=C\c3ccccc3[N+](=O)[O-])C(C(=O)OC)=C2C)cc1. The van der Waals surface area contributed by atoms with Gasteiger partial charge in [-0.25, -0.2) is 9.59 Å². The minimum atomic E-state index is -0.744. The molecule has 0 aliphatic carbocycles. The van der Waals surface area contributed by atoms with Crippen molar-refractivity contribution in [3.63, 3.8) is 0 Å². The van der Waals surface area contributed by atoms with Crippen LogP contribution in [-0.4, -0.2) is 36.5 Å². The number of nitrogens with zero attached hydrogens (tertiary/aromatic N) is 2. The first-order valence-corrected chi connectivity index (χ1v) is 9.66. The van der Waals surface area contributed by atoms with E-state index >= 15 is 0 Å². The molecule has 1 heterocycles. The van der Waals surface area contributed by atoms with Gasteiger partial charge >= 0.3 is 11.9 Å². The Morgan fingerprint density at radius 3 is 2.34 bits per heavy atom. The summed E-state index contributed by atoms with van der Waals surface area (Å²) in [6, 6.07) is 12.0. The van der Waals surface area contributed by atoms with Crippen LogP contribution in [-0.2, 0) is 19.1 Å². The standard InChI is InChI=1S/C23H20N2O7/c1-4-32-22(27)15-9-11-17(12-10-15)24-14(2)20(23(28)31-3)18(21(24)26)13-16-7-5-6-8-19(16)25(29)30/h5-13H,4H2,1-3H3/b18-13-. The molecule has 0 unspecified atom stereocenters. The number of para-hydroxylation sites is 1. The van der Waals surface area contributed by atoms with Gasteiger partial charge in [0, 0.05) is 17.5 Å². The van der Waals surface area contributed by atoms with E-state index in [9.17, 15) is 24.5 Å². The Morgan fingerprint density at radius 1 is 1.09 bits per heavy atom. The van der Waals surface area contributed by atoms with Crippen LogP contribution in [0.2, 0.25) is 0 Å². The third-order valence-corrected chi connectivity index (χ3v) is 4.86. The molecule has 9 heteroatoms. The topological polar surface area (TPSA) is 116 Å². The molecule has 164 valence electrons. The van der Waals surface area contributed by atoms with E-state index in [1.165, 1.54) is 48.4 Å². The number of allylic oxidation sites excluding steroid dienone is 1. The zero-order chi connectivity index (χ0) is 23.4. The molecule has 1 aliphatic heterocycles. The van der Waals surface area contributed by atoms with Gasteiger partial charge in [0.25, 0.3) is 11.6 Å². The summed E-state index contributed by atoms with van der Waals surface area (Å²) in [5.41, 5.74) is 0.973. The summed E-state index contributed by atoms with van der Waals surface area (Å²) in [6.07, 6.45) is 1.31. The lowest BCUT2D eigenvalue weighted by atomic mass is 10.0. The number of nitro groups is 1. The van der Waals surface area contributed by atoms with Gasteiger partial charge in [-0.3, -0.25) is 19.8 Å². The lowest BCUT2D eigenvalue weighted by molar-refractivity contribution is -0.385. The summed E-state index contributed by atoms with van der Waals surface area (Å²) in [7, 11) is 1.19. The molecular formula is C23H20N2O7. The third-order valence-electron chi connectivity index (χ3n) is 4.86. The van der Waals surface area contributed by atoms with Gasteiger partial charge < -0.3 is 9.47 Å². The number of carbonyl (C=O) groups is 3. The lowest BCUT2D eigenvalue weighted by Crippen LogP contribution is -2.24. The number of benzene rings is 2. The first kappa shape index (κ1) is 22.4. The average molecular weight is 436 g/mol. The molecule has 3 rings (SSSR count). The summed E-state index contributed by atoms with van der Waals surface area (Å²) in [4.78, 5) is 49.8. The fourth-order valence-corrected chi connectivity index (χ4v) is 3.38. The van der Waals surface area contributed by atoms with Crippen molar-refractivity contribution in [2.24, 2.45) is 0 Å². The van der Waals surface area contributed by atoms with E-state index in [0.717, 1.165) is 0 Å². The molecular weight excluding hydrogens is 416 g/mol. The fourth-order valence-electron chi connectivity index (χ4n) is 3.38. The second kappa shape index (κ2) is 9.25. The third kappa shape index (κ3) is 4.13. The summed E-state index contributed by atoms with van der Waals surface area (Å²) >= 11 is 0. The first-order valence-electron chi connectivity index (χ1n) is 9.66. The van der Waals surface area contributed by atoms with E-state index in [1.807, 2.05) is 0 Å². The Balaban J connectivity index is 2.09. The number of anilines is 1. The minimum Gasteiger partial charge on any atom is -0.465 e. The van der Waals surface area contributed by atoms with Crippen molar-refractivity contribution in [1.82, 2.24) is 0 Å². The largest absolute Gasteiger partial charge is 0.465 e. The molecule has 0 saturated carbocycles. The van der Waals surface area contributed by atoms with Crippen LogP contribution in [0.5, 0.6) is 0 Å². The predicted octanol–water partition coefficient (Wildman–Crippen LogP) is 3.65. The van der Waals surface area contributed by atoms with Crippen molar-refractivity contribution in [2.45, 2.75) is 13.8 Å². The van der Waals surface area contributed by atoms with Crippen LogP contribution < -0.4 is 4.90 Å². The monoisotopic (exact) mass is 436 g/mol. The van der Waals surface area contributed by atoms with E-state index in [2.05, 4.69) is 0 Å². The Labute approximate surface area is 183 Å². The minimum absolute atomic E-state index is 0.00474. The predicted molar refractivity (Wildman–Crippen MR) is 116 cm³/mol. The molecule has 0 aromatic heterocycles. The number of rotatable bonds is 6. The van der Waals surface area contributed by atoms with Crippen molar-refractivity contribution in [2.75, 3.05) is 18.6 Å². The van der Waals surface area contributed by atoms with Crippen molar-refractivity contribution >= 4 is 35.3 Å². The number of hydrogen-bond acceptors (Lipinski definition) is 7. The molecule has 32 heavy (non-hydrogen) atoms. The molecule has 0 saturated heterocycles. The summed E-state index contributed by atoms with van der Waals surface area (Å²) in [5, 5.41) is 11.4. The number of ether oxygens (including phenoxy) is 2. The van der Waals surface area contributed by atoms with Gasteiger partial charge in [0.15, 0.2) is 0 Å². The number of nitro benzene ring substituents is 1. The van der Waals surface area contributed by atoms with Crippen LogP contribution in [0.15, 0.2) is 65.4 Å². The van der Waals surface area contributed by atoms with E-state index < -0.39 is 22.8 Å². The van der Waals surface area contributed by atoms with Crippen LogP contribution in [0.3, 0.4) is 0 Å². The van der Waals surface area contributed by atoms with Crippen molar-refractivity contribution < 1.29 is 28.8 Å². The van der Waals surface area contributed by atoms with Gasteiger partial charge in [-0.05, 0) is 50.3 Å². The van der Waals surface area contributed by atoms with Gasteiger partial charge in [-0.1, -0.05) is 12.1 Å². The highest BCUT2D eigenvalue weighted by Gasteiger charge is 2.38.